The fourth-order valence-corrected chi connectivity index (χ4v) is 1.67. The summed E-state index contributed by atoms with van der Waals surface area (Å²) in [6.07, 6.45) is 0.935. The van der Waals surface area contributed by atoms with Crippen molar-refractivity contribution in [2.24, 2.45) is 0 Å². The summed E-state index contributed by atoms with van der Waals surface area (Å²) in [6, 6.07) is 2.94. The monoisotopic (exact) mass is 268 g/mol. The molecule has 0 aliphatic carbocycles. The standard InChI is InChI=1S/C13H16O6/c1-2-3-16-4-5-17-10-7-12-11(18-8-19-12)6-9(10)13(14)15/h6-7H,2-5,8H2,1H3,(H,14,15). The van der Waals surface area contributed by atoms with Crippen LogP contribution in [0.4, 0.5) is 0 Å². The third-order valence-electron chi connectivity index (χ3n) is 2.54. The van der Waals surface area contributed by atoms with E-state index in [9.17, 15) is 4.79 Å². The Morgan fingerprint density at radius 2 is 2.00 bits per heavy atom. The Morgan fingerprint density at radius 3 is 2.68 bits per heavy atom. The van der Waals surface area contributed by atoms with Crippen LogP contribution in [-0.2, 0) is 4.74 Å². The van der Waals surface area contributed by atoms with Crippen LogP contribution in [0.5, 0.6) is 17.2 Å². The molecule has 0 saturated carbocycles. The van der Waals surface area contributed by atoms with Crippen molar-refractivity contribution in [2.45, 2.75) is 13.3 Å². The topological polar surface area (TPSA) is 74.2 Å². The van der Waals surface area contributed by atoms with Crippen LogP contribution in [0.1, 0.15) is 23.7 Å². The number of fused-ring (bicyclic) bond motifs is 1. The summed E-state index contributed by atoms with van der Waals surface area (Å²) in [4.78, 5) is 11.1. The molecule has 0 aromatic heterocycles. The molecule has 0 atom stereocenters. The SMILES string of the molecule is CCCOCCOc1cc2c(cc1C(=O)O)OCO2. The molecule has 19 heavy (non-hydrogen) atoms. The van der Waals surface area contributed by atoms with Gasteiger partial charge in [0, 0.05) is 18.7 Å². The van der Waals surface area contributed by atoms with E-state index in [0.717, 1.165) is 6.42 Å². The van der Waals surface area contributed by atoms with E-state index >= 15 is 0 Å². The maximum absolute atomic E-state index is 11.1. The molecule has 6 heteroatoms. The van der Waals surface area contributed by atoms with E-state index in [1.807, 2.05) is 6.92 Å². The molecule has 1 N–H and O–H groups in total. The van der Waals surface area contributed by atoms with E-state index in [1.54, 1.807) is 0 Å². The zero-order chi connectivity index (χ0) is 13.7. The molecular formula is C13H16O6. The minimum atomic E-state index is -1.07. The highest BCUT2D eigenvalue weighted by Gasteiger charge is 2.21. The van der Waals surface area contributed by atoms with E-state index in [2.05, 4.69) is 0 Å². The first-order chi connectivity index (χ1) is 9.22. The molecule has 6 nitrogen and oxygen atoms in total. The van der Waals surface area contributed by atoms with Crippen molar-refractivity contribution in [3.63, 3.8) is 0 Å². The fourth-order valence-electron chi connectivity index (χ4n) is 1.67. The Labute approximate surface area is 110 Å². The lowest BCUT2D eigenvalue weighted by Crippen LogP contribution is -2.10. The van der Waals surface area contributed by atoms with Crippen molar-refractivity contribution in [2.75, 3.05) is 26.6 Å². The van der Waals surface area contributed by atoms with E-state index in [4.69, 9.17) is 24.1 Å². The van der Waals surface area contributed by atoms with Crippen LogP contribution in [0.15, 0.2) is 12.1 Å². The lowest BCUT2D eigenvalue weighted by atomic mass is 10.2. The van der Waals surface area contributed by atoms with Crippen molar-refractivity contribution < 1.29 is 28.8 Å². The van der Waals surface area contributed by atoms with Gasteiger partial charge >= 0.3 is 5.97 Å². The molecule has 1 aliphatic heterocycles. The second-order valence-corrected chi connectivity index (χ2v) is 3.97. The number of aromatic carboxylic acids is 1. The normalized spacial score (nSPS) is 12.5. The highest BCUT2D eigenvalue weighted by molar-refractivity contribution is 5.92. The van der Waals surface area contributed by atoms with Crippen molar-refractivity contribution in [1.82, 2.24) is 0 Å². The smallest absolute Gasteiger partial charge is 0.339 e. The molecule has 1 aromatic rings. The summed E-state index contributed by atoms with van der Waals surface area (Å²) >= 11 is 0. The van der Waals surface area contributed by atoms with E-state index in [0.29, 0.717) is 31.3 Å². The highest BCUT2D eigenvalue weighted by atomic mass is 16.7. The predicted molar refractivity (Wildman–Crippen MR) is 66.1 cm³/mol. The maximum atomic E-state index is 11.1. The van der Waals surface area contributed by atoms with Gasteiger partial charge in [-0.05, 0) is 6.42 Å². The molecule has 0 unspecified atom stereocenters. The van der Waals surface area contributed by atoms with Crippen LogP contribution >= 0.6 is 0 Å². The van der Waals surface area contributed by atoms with Gasteiger partial charge in [0.1, 0.15) is 17.9 Å². The van der Waals surface area contributed by atoms with Gasteiger partial charge in [-0.25, -0.2) is 4.79 Å². The molecule has 0 fully saturated rings. The number of rotatable bonds is 7. The number of ether oxygens (including phenoxy) is 4. The first kappa shape index (κ1) is 13.5. The van der Waals surface area contributed by atoms with Crippen molar-refractivity contribution >= 4 is 5.97 Å². The van der Waals surface area contributed by atoms with Crippen LogP contribution in [0.2, 0.25) is 0 Å². The van der Waals surface area contributed by atoms with Crippen molar-refractivity contribution in [3.05, 3.63) is 17.7 Å². The Bertz CT molecular complexity index is 457. The van der Waals surface area contributed by atoms with Crippen LogP contribution < -0.4 is 14.2 Å². The predicted octanol–water partition coefficient (Wildman–Crippen LogP) is 1.92. The minimum Gasteiger partial charge on any atom is -0.490 e. The van der Waals surface area contributed by atoms with Gasteiger partial charge in [-0.2, -0.15) is 0 Å². The van der Waals surface area contributed by atoms with Gasteiger partial charge in [0.25, 0.3) is 0 Å². The lowest BCUT2D eigenvalue weighted by Gasteiger charge is -2.10. The van der Waals surface area contributed by atoms with Crippen LogP contribution in [0, 0.1) is 0 Å². The number of hydrogen-bond donors (Lipinski definition) is 1. The second-order valence-electron chi connectivity index (χ2n) is 3.97. The van der Waals surface area contributed by atoms with Gasteiger partial charge in [0.15, 0.2) is 11.5 Å². The van der Waals surface area contributed by atoms with E-state index in [-0.39, 0.29) is 18.1 Å². The summed E-state index contributed by atoms with van der Waals surface area (Å²) in [5, 5.41) is 9.13. The van der Waals surface area contributed by atoms with Gasteiger partial charge < -0.3 is 24.1 Å². The molecule has 104 valence electrons. The fraction of sp³-hybridized carbons (Fsp3) is 0.462. The summed E-state index contributed by atoms with van der Waals surface area (Å²) in [6.45, 7) is 3.48. The first-order valence-corrected chi connectivity index (χ1v) is 6.10. The number of carboxylic acid groups (broad SMARTS) is 1. The van der Waals surface area contributed by atoms with Crippen molar-refractivity contribution in [3.8, 4) is 17.2 Å². The maximum Gasteiger partial charge on any atom is 0.339 e. The largest absolute Gasteiger partial charge is 0.490 e. The average Bonchev–Trinajstić information content (AvgIpc) is 2.84. The second kappa shape index (κ2) is 6.29. The summed E-state index contributed by atoms with van der Waals surface area (Å²) in [5.74, 6) is 0.112. The quantitative estimate of drug-likeness (QED) is 0.761. The average molecular weight is 268 g/mol. The highest BCUT2D eigenvalue weighted by Crippen LogP contribution is 2.38. The molecule has 0 saturated heterocycles. The van der Waals surface area contributed by atoms with Gasteiger partial charge in [-0.1, -0.05) is 6.92 Å². The van der Waals surface area contributed by atoms with Crippen LogP contribution in [-0.4, -0.2) is 37.7 Å². The number of carboxylic acids is 1. The number of hydrogen-bond acceptors (Lipinski definition) is 5. The van der Waals surface area contributed by atoms with Crippen molar-refractivity contribution in [1.29, 1.82) is 0 Å². The van der Waals surface area contributed by atoms with E-state index in [1.165, 1.54) is 12.1 Å². The van der Waals surface area contributed by atoms with E-state index < -0.39 is 5.97 Å². The summed E-state index contributed by atoms with van der Waals surface area (Å²) < 4.78 is 21.0. The lowest BCUT2D eigenvalue weighted by molar-refractivity contribution is 0.0685. The zero-order valence-electron chi connectivity index (χ0n) is 10.7. The van der Waals surface area contributed by atoms with Gasteiger partial charge in [0.05, 0.1) is 6.61 Å². The van der Waals surface area contributed by atoms with Gasteiger partial charge in [-0.3, -0.25) is 0 Å². The third-order valence-corrected chi connectivity index (χ3v) is 2.54. The third kappa shape index (κ3) is 3.29. The molecular weight excluding hydrogens is 252 g/mol. The molecule has 1 heterocycles. The van der Waals surface area contributed by atoms with Gasteiger partial charge in [0.2, 0.25) is 6.79 Å². The molecule has 1 aromatic carbocycles. The Hall–Kier alpha value is -1.95. The molecule has 2 rings (SSSR count). The zero-order valence-corrected chi connectivity index (χ0v) is 10.7. The van der Waals surface area contributed by atoms with Crippen LogP contribution in [0.3, 0.4) is 0 Å². The molecule has 1 aliphatic rings. The Balaban J connectivity index is 2.03. The Morgan fingerprint density at radius 1 is 1.26 bits per heavy atom. The molecule has 0 radical (unpaired) electrons. The first-order valence-electron chi connectivity index (χ1n) is 6.10. The number of benzene rings is 1. The molecule has 0 spiro atoms. The van der Waals surface area contributed by atoms with Gasteiger partial charge in [-0.15, -0.1) is 0 Å². The number of carbonyl (C=O) groups is 1. The van der Waals surface area contributed by atoms with Crippen LogP contribution in [0.25, 0.3) is 0 Å². The molecule has 0 amide bonds. The molecule has 0 bridgehead atoms. The Kier molecular flexibility index (Phi) is 4.46. The summed E-state index contributed by atoms with van der Waals surface area (Å²) in [7, 11) is 0. The minimum absolute atomic E-state index is 0.0553. The summed E-state index contributed by atoms with van der Waals surface area (Å²) in [5.41, 5.74) is 0.0553.